The van der Waals surface area contributed by atoms with Gasteiger partial charge in [0.15, 0.2) is 0 Å². The third kappa shape index (κ3) is 14.6. The van der Waals surface area contributed by atoms with E-state index in [4.69, 9.17) is 0 Å². The van der Waals surface area contributed by atoms with E-state index in [1.807, 2.05) is 0 Å². The monoisotopic (exact) mass is 333 g/mol. The summed E-state index contributed by atoms with van der Waals surface area (Å²) in [6.07, 6.45) is 16.7. The molecule has 0 N–H and O–H groups in total. The van der Waals surface area contributed by atoms with Gasteiger partial charge in [-0.1, -0.05) is 13.3 Å². The summed E-state index contributed by atoms with van der Waals surface area (Å²) >= 11 is -1.12. The van der Waals surface area contributed by atoms with Crippen LogP contribution in [0, 0.1) is 0 Å². The zero-order valence-electron chi connectivity index (χ0n) is 11.1. The molecule has 0 spiro atoms. The summed E-state index contributed by atoms with van der Waals surface area (Å²) in [6, 6.07) is 0. The van der Waals surface area contributed by atoms with E-state index in [1.54, 1.807) is 0 Å². The maximum atomic E-state index is 10.4. The molecule has 0 saturated carbocycles. The predicted molar refractivity (Wildman–Crippen MR) is 72.3 cm³/mol. The van der Waals surface area contributed by atoms with Gasteiger partial charge in [-0.3, -0.25) is 0 Å². The molecule has 0 rings (SSSR count). The third-order valence-electron chi connectivity index (χ3n) is 3.13. The quantitative estimate of drug-likeness (QED) is 0.336. The summed E-state index contributed by atoms with van der Waals surface area (Å²) in [6.45, 7) is 2.27. The van der Waals surface area contributed by atoms with Crippen LogP contribution in [-0.2, 0) is 3.08 Å². The second-order valence-corrected chi connectivity index (χ2v) is 7.03. The predicted octanol–water partition coefficient (Wildman–Crippen LogP) is 5.16. The van der Waals surface area contributed by atoms with E-state index in [-0.39, 0.29) is 0 Å². The number of hydrogen-bond donors (Lipinski definition) is 0. The summed E-state index contributed by atoms with van der Waals surface area (Å²) in [5.74, 6) is 0. The van der Waals surface area contributed by atoms with Crippen LogP contribution in [0.3, 0.4) is 0 Å². The van der Waals surface area contributed by atoms with Crippen molar-refractivity contribution >= 4 is 21.1 Å². The van der Waals surface area contributed by atoms with E-state index in [9.17, 15) is 3.08 Å². The van der Waals surface area contributed by atoms with Crippen LogP contribution in [-0.4, -0.2) is 21.1 Å². The molecule has 2 heteroatoms. The van der Waals surface area contributed by atoms with Gasteiger partial charge in [0.25, 0.3) is 0 Å². The van der Waals surface area contributed by atoms with Gasteiger partial charge in [-0.05, 0) is 0 Å². The molecule has 95 valence electrons. The topological polar surface area (TPSA) is 17.1 Å². The van der Waals surface area contributed by atoms with Crippen LogP contribution < -0.4 is 0 Å². The maximum absolute atomic E-state index is 10.4. The first-order valence-corrected chi connectivity index (χ1v) is 10.4. The third-order valence-corrected chi connectivity index (χ3v) is 4.72. The van der Waals surface area contributed by atoms with Crippen molar-refractivity contribution in [2.24, 2.45) is 0 Å². The van der Waals surface area contributed by atoms with E-state index in [0.29, 0.717) is 0 Å². The van der Waals surface area contributed by atoms with Gasteiger partial charge in [-0.2, -0.15) is 0 Å². The fraction of sp³-hybridized carbons (Fsp3) is 1.00. The number of unbranched alkanes of at least 4 members (excludes halogenated alkanes) is 11. The van der Waals surface area contributed by atoms with Crippen LogP contribution in [0.4, 0.5) is 0 Å². The first kappa shape index (κ1) is 16.6. The van der Waals surface area contributed by atoms with E-state index in [2.05, 4.69) is 6.92 Å². The Morgan fingerprint density at radius 1 is 0.625 bits per heavy atom. The number of hydrogen-bond acceptors (Lipinski definition) is 1. The normalized spacial score (nSPS) is 10.6. The van der Waals surface area contributed by atoms with Crippen LogP contribution in [0.2, 0.25) is 4.44 Å². The Morgan fingerprint density at radius 2 is 1.00 bits per heavy atom. The fourth-order valence-electron chi connectivity index (χ4n) is 2.04. The summed E-state index contributed by atoms with van der Waals surface area (Å²) in [7, 11) is 0. The van der Waals surface area contributed by atoms with Crippen molar-refractivity contribution < 1.29 is 3.08 Å². The molecule has 0 aliphatic heterocycles. The first-order valence-electron chi connectivity index (χ1n) is 7.26. The van der Waals surface area contributed by atoms with Gasteiger partial charge in [0.1, 0.15) is 0 Å². The summed E-state index contributed by atoms with van der Waals surface area (Å²) in [5.41, 5.74) is 0. The van der Waals surface area contributed by atoms with Gasteiger partial charge in [-0.15, -0.1) is 0 Å². The Hall–Kier alpha value is 0.599. The first-order chi connectivity index (χ1) is 7.91. The molecule has 16 heavy (non-hydrogen) atoms. The van der Waals surface area contributed by atoms with Gasteiger partial charge >= 0.3 is 99.3 Å². The molecule has 0 bridgehead atoms. The van der Waals surface area contributed by atoms with Crippen molar-refractivity contribution in [2.45, 2.75) is 88.4 Å². The molecule has 0 aromatic carbocycles. The van der Waals surface area contributed by atoms with Crippen molar-refractivity contribution in [3.63, 3.8) is 0 Å². The SMILES string of the molecule is CCCCCCCCCCCCC[CH2][Sn]=[O]. The molecule has 0 aromatic rings. The molecule has 0 fully saturated rings. The van der Waals surface area contributed by atoms with Crippen molar-refractivity contribution in [2.75, 3.05) is 0 Å². The Labute approximate surface area is 112 Å². The van der Waals surface area contributed by atoms with Gasteiger partial charge in [0.2, 0.25) is 0 Å². The zero-order valence-corrected chi connectivity index (χ0v) is 14.0. The minimum atomic E-state index is -1.12. The Balaban J connectivity index is 2.85. The molecular formula is C14H29OSn. The van der Waals surface area contributed by atoms with Crippen LogP contribution in [0.1, 0.15) is 84.0 Å². The second-order valence-electron chi connectivity index (χ2n) is 4.78. The molecule has 0 heterocycles. The molecule has 0 saturated heterocycles. The molecule has 0 aliphatic carbocycles. The number of rotatable bonds is 13. The van der Waals surface area contributed by atoms with Crippen LogP contribution >= 0.6 is 0 Å². The molecule has 1 nitrogen and oxygen atoms in total. The van der Waals surface area contributed by atoms with Crippen LogP contribution in [0.25, 0.3) is 0 Å². The Morgan fingerprint density at radius 3 is 1.38 bits per heavy atom. The van der Waals surface area contributed by atoms with E-state index < -0.39 is 21.1 Å². The van der Waals surface area contributed by atoms with Crippen molar-refractivity contribution in [3.05, 3.63) is 0 Å². The fourth-order valence-corrected chi connectivity index (χ4v) is 3.16. The average molecular weight is 332 g/mol. The van der Waals surface area contributed by atoms with Gasteiger partial charge in [-0.25, -0.2) is 0 Å². The van der Waals surface area contributed by atoms with Crippen molar-refractivity contribution in [3.8, 4) is 0 Å². The van der Waals surface area contributed by atoms with Crippen LogP contribution in [0.5, 0.6) is 0 Å². The molecule has 0 unspecified atom stereocenters. The van der Waals surface area contributed by atoms with Gasteiger partial charge in [0.05, 0.1) is 0 Å². The second kappa shape index (κ2) is 15.6. The van der Waals surface area contributed by atoms with E-state index in [0.717, 1.165) is 4.44 Å². The van der Waals surface area contributed by atoms with Crippen LogP contribution in [0.15, 0.2) is 0 Å². The van der Waals surface area contributed by atoms with Crippen molar-refractivity contribution in [1.82, 2.24) is 0 Å². The van der Waals surface area contributed by atoms with Gasteiger partial charge in [0, 0.05) is 0 Å². The molecular weight excluding hydrogens is 303 g/mol. The minimum absolute atomic E-state index is 1.06. The van der Waals surface area contributed by atoms with E-state index >= 15 is 0 Å². The Bertz CT molecular complexity index is 137. The van der Waals surface area contributed by atoms with Gasteiger partial charge < -0.3 is 0 Å². The average Bonchev–Trinajstić information content (AvgIpc) is 2.31. The summed E-state index contributed by atoms with van der Waals surface area (Å²) in [5, 5.41) is 0. The molecule has 0 atom stereocenters. The molecule has 1 radical (unpaired) electrons. The van der Waals surface area contributed by atoms with E-state index in [1.165, 1.54) is 77.0 Å². The molecule has 0 aliphatic rings. The summed E-state index contributed by atoms with van der Waals surface area (Å²) < 4.78 is 11.4. The summed E-state index contributed by atoms with van der Waals surface area (Å²) in [4.78, 5) is 0. The zero-order chi connectivity index (χ0) is 11.9. The molecule has 0 amide bonds. The standard InChI is InChI=1S/C14H29.O.Sn/c1-3-5-7-9-11-13-14-12-10-8-6-4-2;;/h1,3-14H2,2H3;;. The molecule has 0 aromatic heterocycles. The Kier molecular flexibility index (Phi) is 16.2. The van der Waals surface area contributed by atoms with Crippen molar-refractivity contribution in [1.29, 1.82) is 0 Å².